The third kappa shape index (κ3) is 60.0. The Morgan fingerprint density at radius 3 is 0.867 bits per heavy atom. The quantitative estimate of drug-likeness (QED) is 0.0261. The summed E-state index contributed by atoms with van der Waals surface area (Å²) >= 11 is 0. The van der Waals surface area contributed by atoms with Gasteiger partial charge in [-0.3, -0.25) is 14.4 Å². The fourth-order valence-electron chi connectivity index (χ4n) is 7.81. The first-order valence-corrected chi connectivity index (χ1v) is 30.3. The zero-order valence-corrected chi connectivity index (χ0v) is 48.3. The average molecular weight is 1040 g/mol. The fraction of sp³-hybridized carbons (Fsp3) is 0.609. The van der Waals surface area contributed by atoms with E-state index in [0.29, 0.717) is 19.3 Å². The van der Waals surface area contributed by atoms with Gasteiger partial charge in [-0.15, -0.1) is 0 Å². The Bertz CT molecular complexity index is 1660. The lowest BCUT2D eigenvalue weighted by molar-refractivity contribution is -0.167. The van der Waals surface area contributed by atoms with Gasteiger partial charge in [0.2, 0.25) is 0 Å². The predicted octanol–water partition coefficient (Wildman–Crippen LogP) is 20.8. The number of allylic oxidation sites excluding steroid dienone is 24. The number of rotatable bonds is 53. The molecule has 0 aromatic heterocycles. The molecular formula is C69H110O6. The number of ether oxygens (including phenoxy) is 3. The van der Waals surface area contributed by atoms with Gasteiger partial charge in [-0.2, -0.15) is 0 Å². The summed E-state index contributed by atoms with van der Waals surface area (Å²) in [5.41, 5.74) is 0. The molecule has 75 heavy (non-hydrogen) atoms. The first-order chi connectivity index (χ1) is 37.0. The number of hydrogen-bond acceptors (Lipinski definition) is 6. The Hall–Kier alpha value is -4.71. The summed E-state index contributed by atoms with van der Waals surface area (Å²) in [5, 5.41) is 0. The standard InChI is InChI=1S/C69H110O6/c1-4-7-10-13-16-19-22-24-26-28-29-30-31-32-33-34-35-36-37-38-39-41-42-44-47-50-53-56-59-62-68(71)74-65-66(64-73-67(70)61-58-55-52-49-46-21-18-15-12-9-6-3)75-69(72)63-60-57-54-51-48-45-43-40-27-25-23-20-17-14-11-8-5-2/h7-8,10-11,15-20,24-27,29-30,32-33,35-36,43,45,51,54,66H,4-6,9,12-14,21-23,28,31,34,37-42,44,46-50,52-53,55-65H2,1-3H3/b10-7-,11-8-,18-15-,19-16-,20-17-,26-24-,27-25-,30-29-,33-32-,36-35-,45-43-,54-51-. The van der Waals surface area contributed by atoms with Crippen LogP contribution in [0.4, 0.5) is 0 Å². The average Bonchev–Trinajstić information content (AvgIpc) is 3.41. The molecule has 422 valence electrons. The van der Waals surface area contributed by atoms with Gasteiger partial charge < -0.3 is 14.2 Å². The molecule has 6 heteroatoms. The summed E-state index contributed by atoms with van der Waals surface area (Å²) in [5.74, 6) is -0.988. The van der Waals surface area contributed by atoms with Crippen LogP contribution < -0.4 is 0 Å². The maximum atomic E-state index is 12.8. The van der Waals surface area contributed by atoms with Crippen molar-refractivity contribution in [2.75, 3.05) is 13.2 Å². The first kappa shape index (κ1) is 70.3. The zero-order valence-electron chi connectivity index (χ0n) is 48.3. The van der Waals surface area contributed by atoms with Gasteiger partial charge in [0.1, 0.15) is 13.2 Å². The van der Waals surface area contributed by atoms with E-state index in [1.54, 1.807) is 0 Å². The molecule has 0 bridgehead atoms. The lowest BCUT2D eigenvalue weighted by atomic mass is 10.1. The lowest BCUT2D eigenvalue weighted by Crippen LogP contribution is -2.30. The minimum Gasteiger partial charge on any atom is -0.462 e. The minimum absolute atomic E-state index is 0.110. The van der Waals surface area contributed by atoms with E-state index in [4.69, 9.17) is 14.2 Å². The fourth-order valence-corrected chi connectivity index (χ4v) is 7.81. The van der Waals surface area contributed by atoms with E-state index in [0.717, 1.165) is 135 Å². The van der Waals surface area contributed by atoms with Crippen LogP contribution in [0.3, 0.4) is 0 Å². The molecule has 6 nitrogen and oxygen atoms in total. The normalized spacial score (nSPS) is 13.2. The summed E-state index contributed by atoms with van der Waals surface area (Å²) in [6.07, 6.45) is 88.6. The summed E-state index contributed by atoms with van der Waals surface area (Å²) < 4.78 is 16.8. The van der Waals surface area contributed by atoms with Gasteiger partial charge in [-0.25, -0.2) is 0 Å². The van der Waals surface area contributed by atoms with E-state index in [2.05, 4.69) is 167 Å². The van der Waals surface area contributed by atoms with Crippen molar-refractivity contribution in [3.8, 4) is 0 Å². The van der Waals surface area contributed by atoms with Crippen molar-refractivity contribution in [1.29, 1.82) is 0 Å². The number of unbranched alkanes of at least 4 members (excludes halogenated alkanes) is 18. The number of carbonyl (C=O) groups is 3. The van der Waals surface area contributed by atoms with Crippen LogP contribution in [-0.2, 0) is 28.6 Å². The van der Waals surface area contributed by atoms with Crippen LogP contribution in [0, 0.1) is 0 Å². The van der Waals surface area contributed by atoms with Gasteiger partial charge in [0.25, 0.3) is 0 Å². The summed E-state index contributed by atoms with van der Waals surface area (Å²) in [6, 6.07) is 0. The predicted molar refractivity (Wildman–Crippen MR) is 325 cm³/mol. The van der Waals surface area contributed by atoms with E-state index in [1.165, 1.54) is 70.6 Å². The Labute approximate surface area is 461 Å². The second kappa shape index (κ2) is 61.8. The number of hydrogen-bond donors (Lipinski definition) is 0. The van der Waals surface area contributed by atoms with E-state index in [9.17, 15) is 14.4 Å². The van der Waals surface area contributed by atoms with Crippen LogP contribution in [-0.4, -0.2) is 37.2 Å². The highest BCUT2D eigenvalue weighted by atomic mass is 16.6. The van der Waals surface area contributed by atoms with Gasteiger partial charge >= 0.3 is 17.9 Å². The highest BCUT2D eigenvalue weighted by molar-refractivity contribution is 5.71. The minimum atomic E-state index is -0.818. The van der Waals surface area contributed by atoms with Crippen molar-refractivity contribution in [2.45, 2.75) is 258 Å². The Morgan fingerprint density at radius 1 is 0.280 bits per heavy atom. The Morgan fingerprint density at radius 2 is 0.533 bits per heavy atom. The maximum Gasteiger partial charge on any atom is 0.306 e. The highest BCUT2D eigenvalue weighted by Crippen LogP contribution is 2.14. The van der Waals surface area contributed by atoms with Crippen LogP contribution in [0.1, 0.15) is 252 Å². The van der Waals surface area contributed by atoms with E-state index < -0.39 is 6.10 Å². The molecule has 0 radical (unpaired) electrons. The van der Waals surface area contributed by atoms with Gasteiger partial charge in [0.15, 0.2) is 6.10 Å². The summed E-state index contributed by atoms with van der Waals surface area (Å²) in [4.78, 5) is 38.1. The lowest BCUT2D eigenvalue weighted by Gasteiger charge is -2.18. The molecule has 1 unspecified atom stereocenters. The Balaban J connectivity index is 4.34. The molecule has 0 aromatic rings. The molecule has 1 atom stereocenters. The molecule has 0 fully saturated rings. The first-order valence-electron chi connectivity index (χ1n) is 30.3. The molecular weight excluding hydrogens is 925 g/mol. The topological polar surface area (TPSA) is 78.9 Å². The number of esters is 3. The van der Waals surface area contributed by atoms with Gasteiger partial charge in [-0.05, 0) is 128 Å². The Kier molecular flexibility index (Phi) is 58.0. The molecule has 0 saturated heterocycles. The third-order valence-electron chi connectivity index (χ3n) is 12.3. The summed E-state index contributed by atoms with van der Waals surface area (Å²) in [7, 11) is 0. The second-order valence-electron chi connectivity index (χ2n) is 19.5. The largest absolute Gasteiger partial charge is 0.462 e. The third-order valence-corrected chi connectivity index (χ3v) is 12.3. The number of carbonyl (C=O) groups excluding carboxylic acids is 3. The van der Waals surface area contributed by atoms with Crippen molar-refractivity contribution < 1.29 is 28.6 Å². The van der Waals surface area contributed by atoms with Crippen molar-refractivity contribution in [3.63, 3.8) is 0 Å². The van der Waals surface area contributed by atoms with Gasteiger partial charge in [-0.1, -0.05) is 250 Å². The molecule has 0 aliphatic carbocycles. The van der Waals surface area contributed by atoms with Crippen LogP contribution in [0.15, 0.2) is 146 Å². The van der Waals surface area contributed by atoms with Crippen LogP contribution in [0.2, 0.25) is 0 Å². The summed E-state index contributed by atoms with van der Waals surface area (Å²) in [6.45, 7) is 6.31. The van der Waals surface area contributed by atoms with Crippen molar-refractivity contribution in [1.82, 2.24) is 0 Å². The molecule has 0 aliphatic rings. The van der Waals surface area contributed by atoms with Gasteiger partial charge in [0, 0.05) is 19.3 Å². The molecule has 0 rings (SSSR count). The second-order valence-corrected chi connectivity index (χ2v) is 19.5. The van der Waals surface area contributed by atoms with Crippen molar-refractivity contribution in [2.24, 2.45) is 0 Å². The molecule has 0 aromatic carbocycles. The molecule has 0 heterocycles. The van der Waals surface area contributed by atoms with E-state index in [1.807, 2.05) is 0 Å². The van der Waals surface area contributed by atoms with Crippen LogP contribution >= 0.6 is 0 Å². The van der Waals surface area contributed by atoms with E-state index >= 15 is 0 Å². The molecule has 0 spiro atoms. The van der Waals surface area contributed by atoms with Gasteiger partial charge in [0.05, 0.1) is 0 Å². The molecule has 0 amide bonds. The SMILES string of the molecule is CC/C=C\C/C=C\C/C=C\C/C=C\C/C=C\C/C=C\CCCCCCCCCCCCC(=O)OCC(COC(=O)CCCCCCC/C=C\CCCC)OC(=O)CCC/C=C\C/C=C\C/C=C\C/C=C\C/C=C\CC. The molecule has 0 N–H and O–H groups in total. The van der Waals surface area contributed by atoms with Crippen LogP contribution in [0.5, 0.6) is 0 Å². The molecule has 0 saturated carbocycles. The maximum absolute atomic E-state index is 12.8. The van der Waals surface area contributed by atoms with E-state index in [-0.39, 0.29) is 37.5 Å². The highest BCUT2D eigenvalue weighted by Gasteiger charge is 2.19. The smallest absolute Gasteiger partial charge is 0.306 e. The van der Waals surface area contributed by atoms with Crippen molar-refractivity contribution >= 4 is 17.9 Å². The van der Waals surface area contributed by atoms with Crippen molar-refractivity contribution in [3.05, 3.63) is 146 Å². The zero-order chi connectivity index (χ0) is 54.3. The molecule has 0 aliphatic heterocycles. The monoisotopic (exact) mass is 1030 g/mol. The van der Waals surface area contributed by atoms with Crippen LogP contribution in [0.25, 0.3) is 0 Å².